The molecule has 1 aliphatic heterocycles. The van der Waals surface area contributed by atoms with Crippen LogP contribution >= 0.6 is 11.6 Å². The zero-order chi connectivity index (χ0) is 16.3. The summed E-state index contributed by atoms with van der Waals surface area (Å²) < 4.78 is 5.41. The minimum Gasteiger partial charge on any atom is -0.482 e. The summed E-state index contributed by atoms with van der Waals surface area (Å²) in [5, 5.41) is 10.8. The van der Waals surface area contributed by atoms with Crippen molar-refractivity contribution in [2.75, 3.05) is 19.7 Å². The number of ether oxygens (including phenoxy) is 1. The second-order valence-electron chi connectivity index (χ2n) is 5.91. The maximum Gasteiger partial charge on any atom is 0.271 e. The number of hydrogen-bond acceptors (Lipinski definition) is 4. The number of carbonyl (C=O) groups excluding carboxylic acids is 1. The number of benzene rings is 1. The van der Waals surface area contributed by atoms with E-state index in [1.165, 1.54) is 18.2 Å². The molecule has 0 aliphatic carbocycles. The van der Waals surface area contributed by atoms with E-state index in [-0.39, 0.29) is 29.0 Å². The molecule has 7 heteroatoms. The molecule has 0 saturated carbocycles. The van der Waals surface area contributed by atoms with Gasteiger partial charge in [0.15, 0.2) is 6.61 Å². The number of nitro benzene ring substituents is 1. The molecule has 0 bridgehead atoms. The standard InChI is InChI=1S/C15H19ClN2O4/c1-10-5-11(2)8-17(7-10)15(19)9-22-14-4-3-12(18(20)21)6-13(14)16/h3-4,6,10-11H,5,7-9H2,1-2H3/t10-,11-/m0/s1. The van der Waals surface area contributed by atoms with Crippen LogP contribution in [0.15, 0.2) is 18.2 Å². The number of halogens is 1. The van der Waals surface area contributed by atoms with Crippen LogP contribution in [-0.2, 0) is 4.79 Å². The normalized spacial score (nSPS) is 21.5. The van der Waals surface area contributed by atoms with Crippen molar-refractivity contribution in [3.63, 3.8) is 0 Å². The van der Waals surface area contributed by atoms with E-state index in [4.69, 9.17) is 16.3 Å². The fourth-order valence-electron chi connectivity index (χ4n) is 2.82. The number of rotatable bonds is 4. The highest BCUT2D eigenvalue weighted by Gasteiger charge is 2.25. The zero-order valence-electron chi connectivity index (χ0n) is 12.6. The average Bonchev–Trinajstić information content (AvgIpc) is 2.44. The molecule has 2 atom stereocenters. The van der Waals surface area contributed by atoms with Gasteiger partial charge in [-0.15, -0.1) is 0 Å². The van der Waals surface area contributed by atoms with Crippen molar-refractivity contribution in [3.05, 3.63) is 33.3 Å². The van der Waals surface area contributed by atoms with Gasteiger partial charge in [0.2, 0.25) is 0 Å². The number of nitro groups is 1. The molecule has 1 aromatic rings. The Morgan fingerprint density at radius 3 is 2.59 bits per heavy atom. The van der Waals surface area contributed by atoms with Crippen molar-refractivity contribution in [2.45, 2.75) is 20.3 Å². The maximum absolute atomic E-state index is 12.2. The Morgan fingerprint density at radius 1 is 1.41 bits per heavy atom. The average molecular weight is 327 g/mol. The molecule has 22 heavy (non-hydrogen) atoms. The topological polar surface area (TPSA) is 72.7 Å². The second kappa shape index (κ2) is 6.96. The fraction of sp³-hybridized carbons (Fsp3) is 0.533. The number of likely N-dealkylation sites (tertiary alicyclic amines) is 1. The Labute approximate surface area is 134 Å². The molecule has 1 saturated heterocycles. The monoisotopic (exact) mass is 326 g/mol. The van der Waals surface area contributed by atoms with Crippen LogP contribution in [0.3, 0.4) is 0 Å². The van der Waals surface area contributed by atoms with Gasteiger partial charge in [0.1, 0.15) is 5.75 Å². The predicted octanol–water partition coefficient (Wildman–Crippen LogP) is 3.13. The molecule has 1 aromatic carbocycles. The lowest BCUT2D eigenvalue weighted by atomic mass is 9.92. The maximum atomic E-state index is 12.2. The summed E-state index contributed by atoms with van der Waals surface area (Å²) in [6.45, 7) is 5.62. The van der Waals surface area contributed by atoms with Gasteiger partial charge in [0, 0.05) is 25.2 Å². The first kappa shape index (κ1) is 16.5. The van der Waals surface area contributed by atoms with Crippen molar-refractivity contribution in [1.29, 1.82) is 0 Å². The first-order valence-corrected chi connectivity index (χ1v) is 7.59. The van der Waals surface area contributed by atoms with Gasteiger partial charge in [-0.25, -0.2) is 0 Å². The van der Waals surface area contributed by atoms with Gasteiger partial charge < -0.3 is 9.64 Å². The predicted molar refractivity (Wildman–Crippen MR) is 83.1 cm³/mol. The summed E-state index contributed by atoms with van der Waals surface area (Å²) in [5.74, 6) is 1.15. The number of hydrogen-bond donors (Lipinski definition) is 0. The molecule has 1 amide bonds. The summed E-state index contributed by atoms with van der Waals surface area (Å²) in [7, 11) is 0. The summed E-state index contributed by atoms with van der Waals surface area (Å²) in [4.78, 5) is 24.1. The van der Waals surface area contributed by atoms with Crippen molar-refractivity contribution >= 4 is 23.2 Å². The summed E-state index contributed by atoms with van der Waals surface area (Å²) in [5.41, 5.74) is -0.109. The smallest absolute Gasteiger partial charge is 0.271 e. The van der Waals surface area contributed by atoms with E-state index in [1.807, 2.05) is 0 Å². The first-order chi connectivity index (χ1) is 10.4. The Morgan fingerprint density at radius 2 is 2.05 bits per heavy atom. The molecule has 1 aliphatic rings. The molecule has 1 heterocycles. The molecular weight excluding hydrogens is 308 g/mol. The van der Waals surface area contributed by atoms with Crippen LogP contribution in [-0.4, -0.2) is 35.4 Å². The van der Waals surface area contributed by atoms with Crippen molar-refractivity contribution in [2.24, 2.45) is 11.8 Å². The SMILES string of the molecule is C[C@H]1C[C@H](C)CN(C(=O)COc2ccc([N+](=O)[O-])cc2Cl)C1. The van der Waals surface area contributed by atoms with Crippen molar-refractivity contribution < 1.29 is 14.5 Å². The Balaban J connectivity index is 1.95. The Kier molecular flexibility index (Phi) is 5.24. The van der Waals surface area contributed by atoms with E-state index in [1.54, 1.807) is 4.90 Å². The minimum absolute atomic E-state index is 0.0900. The van der Waals surface area contributed by atoms with Crippen LogP contribution in [0.5, 0.6) is 5.75 Å². The molecule has 0 radical (unpaired) electrons. The summed E-state index contributed by atoms with van der Waals surface area (Å²) in [6.07, 6.45) is 1.12. The van der Waals surface area contributed by atoms with E-state index in [0.29, 0.717) is 11.8 Å². The van der Waals surface area contributed by atoms with Crippen LogP contribution in [0.25, 0.3) is 0 Å². The van der Waals surface area contributed by atoms with Crippen molar-refractivity contribution in [3.8, 4) is 5.75 Å². The first-order valence-electron chi connectivity index (χ1n) is 7.21. The van der Waals surface area contributed by atoms with Crippen LogP contribution < -0.4 is 4.74 Å². The van der Waals surface area contributed by atoms with Gasteiger partial charge in [0.25, 0.3) is 11.6 Å². The Hall–Kier alpha value is -1.82. The molecule has 0 N–H and O–H groups in total. The molecule has 0 aromatic heterocycles. The quantitative estimate of drug-likeness (QED) is 0.629. The number of amides is 1. The highest BCUT2D eigenvalue weighted by molar-refractivity contribution is 6.32. The van der Waals surface area contributed by atoms with E-state index in [9.17, 15) is 14.9 Å². The van der Waals surface area contributed by atoms with Crippen LogP contribution in [0, 0.1) is 22.0 Å². The van der Waals surface area contributed by atoms with E-state index >= 15 is 0 Å². The van der Waals surface area contributed by atoms with E-state index in [2.05, 4.69) is 13.8 Å². The van der Waals surface area contributed by atoms with Crippen LogP contribution in [0.1, 0.15) is 20.3 Å². The molecule has 0 spiro atoms. The van der Waals surface area contributed by atoms with Crippen molar-refractivity contribution in [1.82, 2.24) is 4.90 Å². The van der Waals surface area contributed by atoms with Gasteiger partial charge in [-0.3, -0.25) is 14.9 Å². The van der Waals surface area contributed by atoms with Gasteiger partial charge in [0.05, 0.1) is 9.95 Å². The third-order valence-corrected chi connectivity index (χ3v) is 3.99. The molecule has 120 valence electrons. The number of nitrogens with zero attached hydrogens (tertiary/aromatic N) is 2. The van der Waals surface area contributed by atoms with Crippen LogP contribution in [0.2, 0.25) is 5.02 Å². The highest BCUT2D eigenvalue weighted by Crippen LogP contribution is 2.29. The zero-order valence-corrected chi connectivity index (χ0v) is 13.4. The third kappa shape index (κ3) is 4.10. The largest absolute Gasteiger partial charge is 0.482 e. The summed E-state index contributed by atoms with van der Waals surface area (Å²) in [6, 6.07) is 3.93. The molecule has 0 unspecified atom stereocenters. The van der Waals surface area contributed by atoms with E-state index in [0.717, 1.165) is 19.5 Å². The number of carbonyl (C=O) groups is 1. The number of piperidine rings is 1. The van der Waals surface area contributed by atoms with Gasteiger partial charge in [-0.2, -0.15) is 0 Å². The molecule has 6 nitrogen and oxygen atoms in total. The third-order valence-electron chi connectivity index (χ3n) is 3.70. The minimum atomic E-state index is -0.530. The molecular formula is C15H19ClN2O4. The number of non-ortho nitro benzene ring substituents is 1. The summed E-state index contributed by atoms with van der Waals surface area (Å²) >= 11 is 5.93. The van der Waals surface area contributed by atoms with Gasteiger partial charge >= 0.3 is 0 Å². The fourth-order valence-corrected chi connectivity index (χ4v) is 3.05. The molecule has 1 fully saturated rings. The van der Waals surface area contributed by atoms with E-state index < -0.39 is 4.92 Å². The highest BCUT2D eigenvalue weighted by atomic mass is 35.5. The van der Waals surface area contributed by atoms with Gasteiger partial charge in [-0.1, -0.05) is 25.4 Å². The lowest BCUT2D eigenvalue weighted by molar-refractivity contribution is -0.384. The lowest BCUT2D eigenvalue weighted by Crippen LogP contribution is -2.44. The van der Waals surface area contributed by atoms with Gasteiger partial charge in [-0.05, 0) is 24.3 Å². The lowest BCUT2D eigenvalue weighted by Gasteiger charge is -2.34. The second-order valence-corrected chi connectivity index (χ2v) is 6.31. The molecule has 2 rings (SSSR count). The van der Waals surface area contributed by atoms with Crippen LogP contribution in [0.4, 0.5) is 5.69 Å². The Bertz CT molecular complexity index is 569.